The van der Waals surface area contributed by atoms with Crippen LogP contribution in [0.15, 0.2) is 35.2 Å². The van der Waals surface area contributed by atoms with Gasteiger partial charge in [0.25, 0.3) is 0 Å². The van der Waals surface area contributed by atoms with Gasteiger partial charge in [0, 0.05) is 29.1 Å². The summed E-state index contributed by atoms with van der Waals surface area (Å²) in [6, 6.07) is 7.16. The molecule has 9 heteroatoms. The van der Waals surface area contributed by atoms with Crippen LogP contribution in [-0.4, -0.2) is 43.5 Å². The number of hydrogen-bond donors (Lipinski definition) is 2. The minimum atomic E-state index is -4.81. The highest BCUT2D eigenvalue weighted by Gasteiger charge is 2.38. The topological polar surface area (TPSA) is 71.3 Å². The summed E-state index contributed by atoms with van der Waals surface area (Å²) in [5.74, 6) is 0. The normalized spacial score (nSPS) is 21.3. The number of sulfone groups is 1. The predicted octanol–water partition coefficient (Wildman–Crippen LogP) is 3.81. The molecule has 0 radical (unpaired) electrons. The number of benzene rings is 2. The Morgan fingerprint density at radius 2 is 1.83 bits per heavy atom. The standard InChI is InChI=1S/C21H23F3N2O3S/c1-12-5-6-16-13(8-12)14-9-15(21(22,23)24)20(30(2,28)29)10-18(14)26(16)17-4-3-7-25-11-19(17)27/h5-6,8-10,17,19,25,27H,3-4,7,11H2,1-2H3/t17-,19-/m1/s1. The van der Waals surface area contributed by atoms with Crippen molar-refractivity contribution in [2.75, 3.05) is 19.3 Å². The third-order valence-electron chi connectivity index (χ3n) is 5.75. The Morgan fingerprint density at radius 3 is 2.50 bits per heavy atom. The first kappa shape index (κ1) is 21.1. The summed E-state index contributed by atoms with van der Waals surface area (Å²) >= 11 is 0. The van der Waals surface area contributed by atoms with Crippen molar-refractivity contribution in [3.8, 4) is 0 Å². The molecule has 2 aromatic carbocycles. The smallest absolute Gasteiger partial charge is 0.390 e. The molecule has 3 aromatic rings. The Kier molecular flexibility index (Phi) is 5.11. The third-order valence-corrected chi connectivity index (χ3v) is 6.88. The van der Waals surface area contributed by atoms with Crippen LogP contribution in [0, 0.1) is 6.92 Å². The highest BCUT2D eigenvalue weighted by atomic mass is 32.2. The van der Waals surface area contributed by atoms with Gasteiger partial charge in [-0.05, 0) is 50.6 Å². The highest BCUT2D eigenvalue weighted by Crippen LogP contribution is 2.42. The number of aliphatic hydroxyl groups excluding tert-OH is 1. The lowest BCUT2D eigenvalue weighted by Gasteiger charge is -2.24. The van der Waals surface area contributed by atoms with Crippen molar-refractivity contribution in [2.24, 2.45) is 0 Å². The molecule has 1 fully saturated rings. The van der Waals surface area contributed by atoms with Gasteiger partial charge in [-0.25, -0.2) is 8.42 Å². The molecule has 2 heterocycles. The molecule has 0 saturated carbocycles. The number of nitrogens with one attached hydrogen (secondary N) is 1. The molecule has 0 aliphatic carbocycles. The Bertz CT molecular complexity index is 1230. The third kappa shape index (κ3) is 3.59. The van der Waals surface area contributed by atoms with E-state index in [2.05, 4.69) is 5.32 Å². The molecule has 0 bridgehead atoms. The van der Waals surface area contributed by atoms with E-state index in [0.717, 1.165) is 36.9 Å². The molecule has 0 amide bonds. The zero-order valence-corrected chi connectivity index (χ0v) is 17.4. The summed E-state index contributed by atoms with van der Waals surface area (Å²) in [6.07, 6.45) is -3.37. The Balaban J connectivity index is 2.15. The first-order valence-electron chi connectivity index (χ1n) is 9.73. The first-order chi connectivity index (χ1) is 14.0. The summed E-state index contributed by atoms with van der Waals surface area (Å²) in [5, 5.41) is 14.8. The van der Waals surface area contributed by atoms with E-state index in [1.165, 1.54) is 0 Å². The van der Waals surface area contributed by atoms with Crippen LogP contribution >= 0.6 is 0 Å². The summed E-state index contributed by atoms with van der Waals surface area (Å²) in [7, 11) is -4.13. The van der Waals surface area contributed by atoms with Gasteiger partial charge in [-0.3, -0.25) is 0 Å². The molecule has 5 nitrogen and oxygen atoms in total. The van der Waals surface area contributed by atoms with E-state index in [1.54, 1.807) is 6.07 Å². The van der Waals surface area contributed by atoms with E-state index in [1.807, 2.05) is 23.6 Å². The van der Waals surface area contributed by atoms with Crippen molar-refractivity contribution < 1.29 is 26.7 Å². The van der Waals surface area contributed by atoms with Crippen LogP contribution in [0.5, 0.6) is 0 Å². The van der Waals surface area contributed by atoms with Gasteiger partial charge in [-0.2, -0.15) is 13.2 Å². The van der Waals surface area contributed by atoms with Crippen LogP contribution in [-0.2, 0) is 16.0 Å². The first-order valence-corrected chi connectivity index (χ1v) is 11.6. The minimum Gasteiger partial charge on any atom is -0.390 e. The molecule has 1 aromatic heterocycles. The fourth-order valence-corrected chi connectivity index (χ4v) is 5.29. The fraction of sp³-hybridized carbons (Fsp3) is 0.429. The number of alkyl halides is 3. The second-order valence-electron chi connectivity index (χ2n) is 8.01. The molecular formula is C21H23F3N2O3S. The molecule has 30 heavy (non-hydrogen) atoms. The Hall–Kier alpha value is -2.10. The number of halogens is 3. The SMILES string of the molecule is Cc1ccc2c(c1)c1cc(C(F)(F)F)c(S(C)(=O)=O)cc1n2[C@@H]1CCCNC[C@H]1O. The largest absolute Gasteiger partial charge is 0.417 e. The van der Waals surface area contributed by atoms with Gasteiger partial charge >= 0.3 is 6.18 Å². The number of fused-ring (bicyclic) bond motifs is 3. The molecular weight excluding hydrogens is 417 g/mol. The number of hydrogen-bond acceptors (Lipinski definition) is 4. The van der Waals surface area contributed by atoms with Gasteiger partial charge in [0.2, 0.25) is 0 Å². The number of aliphatic hydroxyl groups is 1. The summed E-state index contributed by atoms with van der Waals surface area (Å²) in [5.41, 5.74) is 0.779. The van der Waals surface area contributed by atoms with Crippen LogP contribution in [0.2, 0.25) is 0 Å². The lowest BCUT2D eigenvalue weighted by molar-refractivity contribution is -0.139. The average Bonchev–Trinajstić information content (AvgIpc) is 2.78. The number of β-amino-alcohol motifs (C(OH)–C–C–N with tert-alkyl or cyclic N) is 1. The highest BCUT2D eigenvalue weighted by molar-refractivity contribution is 7.90. The van der Waals surface area contributed by atoms with Crippen molar-refractivity contribution in [1.82, 2.24) is 9.88 Å². The van der Waals surface area contributed by atoms with Gasteiger partial charge in [0.15, 0.2) is 9.84 Å². The summed E-state index contributed by atoms with van der Waals surface area (Å²) < 4.78 is 67.6. The molecule has 0 unspecified atom stereocenters. The van der Waals surface area contributed by atoms with Crippen LogP contribution < -0.4 is 5.32 Å². The van der Waals surface area contributed by atoms with Crippen LogP contribution in [0.3, 0.4) is 0 Å². The minimum absolute atomic E-state index is 0.331. The monoisotopic (exact) mass is 440 g/mol. The van der Waals surface area contributed by atoms with E-state index in [-0.39, 0.29) is 6.04 Å². The zero-order valence-electron chi connectivity index (χ0n) is 16.6. The van der Waals surface area contributed by atoms with E-state index in [0.29, 0.717) is 34.8 Å². The number of nitrogens with zero attached hydrogens (tertiary/aromatic N) is 1. The number of aromatic nitrogens is 1. The molecule has 1 aliphatic rings. The second kappa shape index (κ2) is 7.25. The maximum Gasteiger partial charge on any atom is 0.417 e. The van der Waals surface area contributed by atoms with Gasteiger partial charge in [0.05, 0.1) is 28.1 Å². The second-order valence-corrected chi connectivity index (χ2v) is 9.99. The van der Waals surface area contributed by atoms with Gasteiger partial charge < -0.3 is 15.0 Å². The van der Waals surface area contributed by atoms with Crippen molar-refractivity contribution in [3.05, 3.63) is 41.5 Å². The van der Waals surface area contributed by atoms with Crippen molar-refractivity contribution >= 4 is 31.6 Å². The van der Waals surface area contributed by atoms with Gasteiger partial charge in [-0.1, -0.05) is 11.6 Å². The Labute approximate surface area is 172 Å². The lowest BCUT2D eigenvalue weighted by Crippen LogP contribution is -2.31. The molecule has 2 N–H and O–H groups in total. The van der Waals surface area contributed by atoms with E-state index in [4.69, 9.17) is 0 Å². The van der Waals surface area contributed by atoms with Crippen molar-refractivity contribution in [2.45, 2.75) is 43.0 Å². The van der Waals surface area contributed by atoms with E-state index >= 15 is 0 Å². The molecule has 162 valence electrons. The molecule has 2 atom stereocenters. The van der Waals surface area contributed by atoms with Crippen molar-refractivity contribution in [3.63, 3.8) is 0 Å². The van der Waals surface area contributed by atoms with Crippen LogP contribution in [0.1, 0.15) is 30.0 Å². The number of rotatable bonds is 2. The molecule has 1 saturated heterocycles. The predicted molar refractivity (Wildman–Crippen MR) is 109 cm³/mol. The molecule has 1 aliphatic heterocycles. The lowest BCUT2D eigenvalue weighted by atomic mass is 10.1. The number of aryl methyl sites for hydroxylation is 1. The fourth-order valence-electron chi connectivity index (χ4n) is 4.39. The maximum absolute atomic E-state index is 13.7. The van der Waals surface area contributed by atoms with Crippen LogP contribution in [0.4, 0.5) is 13.2 Å². The zero-order chi connectivity index (χ0) is 21.8. The summed E-state index contributed by atoms with van der Waals surface area (Å²) in [6.45, 7) is 2.94. The average molecular weight is 440 g/mol. The van der Waals surface area contributed by atoms with E-state index in [9.17, 15) is 26.7 Å². The molecule has 4 rings (SSSR count). The van der Waals surface area contributed by atoms with E-state index < -0.39 is 32.6 Å². The van der Waals surface area contributed by atoms with Crippen molar-refractivity contribution in [1.29, 1.82) is 0 Å². The van der Waals surface area contributed by atoms with Gasteiger partial charge in [0.1, 0.15) is 0 Å². The molecule has 0 spiro atoms. The maximum atomic E-state index is 13.7. The van der Waals surface area contributed by atoms with Gasteiger partial charge in [-0.15, -0.1) is 0 Å². The summed E-state index contributed by atoms with van der Waals surface area (Å²) in [4.78, 5) is -0.746. The quantitative estimate of drug-likeness (QED) is 0.636. The Morgan fingerprint density at radius 1 is 1.13 bits per heavy atom. The van der Waals surface area contributed by atoms with Crippen LogP contribution in [0.25, 0.3) is 21.8 Å².